The van der Waals surface area contributed by atoms with Crippen molar-refractivity contribution in [1.82, 2.24) is 10.3 Å². The lowest BCUT2D eigenvalue weighted by molar-refractivity contribution is 0.513. The Kier molecular flexibility index (Phi) is 5.11. The SMILES string of the molecule is CCNC(CCc1cccs1)c1ccc(C)nc1C. The number of aryl methyl sites for hydroxylation is 3. The van der Waals surface area contributed by atoms with Crippen LogP contribution in [0.2, 0.25) is 0 Å². The Morgan fingerprint density at radius 2 is 2.11 bits per heavy atom. The normalized spacial score (nSPS) is 12.6. The maximum absolute atomic E-state index is 4.58. The molecule has 0 amide bonds. The number of hydrogen-bond donors (Lipinski definition) is 1. The van der Waals surface area contributed by atoms with E-state index in [1.54, 1.807) is 0 Å². The Hall–Kier alpha value is -1.19. The molecule has 0 spiro atoms. The maximum atomic E-state index is 4.58. The summed E-state index contributed by atoms with van der Waals surface area (Å²) in [6, 6.07) is 9.08. The van der Waals surface area contributed by atoms with Crippen molar-refractivity contribution in [3.8, 4) is 0 Å². The van der Waals surface area contributed by atoms with Crippen LogP contribution in [0.1, 0.15) is 41.2 Å². The average Bonchev–Trinajstić information content (AvgIpc) is 2.88. The van der Waals surface area contributed by atoms with Crippen LogP contribution in [-0.2, 0) is 6.42 Å². The molecule has 1 N–H and O–H groups in total. The highest BCUT2D eigenvalue weighted by atomic mass is 32.1. The first-order chi connectivity index (χ1) is 9.20. The lowest BCUT2D eigenvalue weighted by Crippen LogP contribution is -2.22. The zero-order valence-electron chi connectivity index (χ0n) is 11.9. The van der Waals surface area contributed by atoms with Crippen LogP contribution in [0, 0.1) is 13.8 Å². The Morgan fingerprint density at radius 3 is 2.74 bits per heavy atom. The number of nitrogens with one attached hydrogen (secondary N) is 1. The molecule has 0 aliphatic heterocycles. The Morgan fingerprint density at radius 1 is 1.26 bits per heavy atom. The predicted octanol–water partition coefficient (Wildman–Crippen LogP) is 4.04. The van der Waals surface area contributed by atoms with Gasteiger partial charge in [-0.15, -0.1) is 11.3 Å². The standard InChI is InChI=1S/C16H22N2S/c1-4-17-16(10-8-14-6-5-11-19-14)15-9-7-12(2)18-13(15)3/h5-7,9,11,16-17H,4,8,10H2,1-3H3. The quantitative estimate of drug-likeness (QED) is 0.860. The van der Waals surface area contributed by atoms with E-state index in [1.165, 1.54) is 10.4 Å². The second-order valence-corrected chi connectivity index (χ2v) is 5.89. The van der Waals surface area contributed by atoms with Gasteiger partial charge < -0.3 is 5.32 Å². The van der Waals surface area contributed by atoms with E-state index >= 15 is 0 Å². The highest BCUT2D eigenvalue weighted by molar-refractivity contribution is 7.09. The van der Waals surface area contributed by atoms with Crippen LogP contribution in [0.3, 0.4) is 0 Å². The van der Waals surface area contributed by atoms with E-state index in [0.29, 0.717) is 6.04 Å². The Balaban J connectivity index is 2.10. The van der Waals surface area contributed by atoms with Gasteiger partial charge in [0.05, 0.1) is 0 Å². The van der Waals surface area contributed by atoms with Crippen LogP contribution in [0.25, 0.3) is 0 Å². The highest BCUT2D eigenvalue weighted by Gasteiger charge is 2.13. The van der Waals surface area contributed by atoms with Crippen molar-refractivity contribution in [3.05, 3.63) is 51.5 Å². The zero-order chi connectivity index (χ0) is 13.7. The Bertz CT molecular complexity index is 505. The van der Waals surface area contributed by atoms with Crippen molar-refractivity contribution in [2.45, 2.75) is 39.7 Å². The van der Waals surface area contributed by atoms with Crippen LogP contribution in [0.5, 0.6) is 0 Å². The lowest BCUT2D eigenvalue weighted by atomic mass is 10.00. The smallest absolute Gasteiger partial charge is 0.0423 e. The zero-order valence-corrected chi connectivity index (χ0v) is 12.8. The van der Waals surface area contributed by atoms with Gasteiger partial charge in [-0.3, -0.25) is 4.98 Å². The van der Waals surface area contributed by atoms with Gasteiger partial charge in [0.1, 0.15) is 0 Å². The molecule has 0 aliphatic carbocycles. The van der Waals surface area contributed by atoms with Crippen molar-refractivity contribution in [1.29, 1.82) is 0 Å². The molecule has 1 atom stereocenters. The molecular formula is C16H22N2S. The van der Waals surface area contributed by atoms with Gasteiger partial charge in [0, 0.05) is 22.3 Å². The Labute approximate surface area is 119 Å². The molecule has 0 saturated carbocycles. The van der Waals surface area contributed by atoms with Crippen molar-refractivity contribution in [2.75, 3.05) is 6.54 Å². The molecule has 0 aliphatic rings. The van der Waals surface area contributed by atoms with Crippen molar-refractivity contribution >= 4 is 11.3 Å². The molecular weight excluding hydrogens is 252 g/mol. The van der Waals surface area contributed by atoms with Crippen molar-refractivity contribution in [3.63, 3.8) is 0 Å². The first kappa shape index (κ1) is 14.2. The van der Waals surface area contributed by atoms with Gasteiger partial charge in [0.2, 0.25) is 0 Å². The number of aromatic nitrogens is 1. The summed E-state index contributed by atoms with van der Waals surface area (Å²) >= 11 is 1.84. The van der Waals surface area contributed by atoms with Gasteiger partial charge in [-0.05, 0) is 56.3 Å². The minimum Gasteiger partial charge on any atom is -0.310 e. The third-order valence-electron chi connectivity index (χ3n) is 3.35. The van der Waals surface area contributed by atoms with Gasteiger partial charge in [0.25, 0.3) is 0 Å². The fourth-order valence-electron chi connectivity index (χ4n) is 2.42. The third kappa shape index (κ3) is 3.88. The minimum absolute atomic E-state index is 0.403. The number of hydrogen-bond acceptors (Lipinski definition) is 3. The molecule has 2 nitrogen and oxygen atoms in total. The molecule has 2 aromatic heterocycles. The van der Waals surface area contributed by atoms with Crippen LogP contribution < -0.4 is 5.32 Å². The summed E-state index contributed by atoms with van der Waals surface area (Å²) in [7, 11) is 0. The second kappa shape index (κ2) is 6.83. The molecule has 3 heteroatoms. The topological polar surface area (TPSA) is 24.9 Å². The highest BCUT2D eigenvalue weighted by Crippen LogP contribution is 2.23. The number of thiophene rings is 1. The first-order valence-corrected chi connectivity index (χ1v) is 7.78. The molecule has 0 saturated heterocycles. The van der Waals surface area contributed by atoms with E-state index in [1.807, 2.05) is 18.3 Å². The third-order valence-corrected chi connectivity index (χ3v) is 4.29. The fraction of sp³-hybridized carbons (Fsp3) is 0.438. The van der Waals surface area contributed by atoms with E-state index in [0.717, 1.165) is 30.8 Å². The lowest BCUT2D eigenvalue weighted by Gasteiger charge is -2.20. The molecule has 1 unspecified atom stereocenters. The van der Waals surface area contributed by atoms with E-state index in [4.69, 9.17) is 0 Å². The predicted molar refractivity (Wildman–Crippen MR) is 82.8 cm³/mol. The largest absolute Gasteiger partial charge is 0.310 e. The van der Waals surface area contributed by atoms with Crippen LogP contribution >= 0.6 is 11.3 Å². The number of pyridine rings is 1. The average molecular weight is 274 g/mol. The van der Waals surface area contributed by atoms with Gasteiger partial charge in [-0.1, -0.05) is 19.1 Å². The summed E-state index contributed by atoms with van der Waals surface area (Å²) in [5.74, 6) is 0. The summed E-state index contributed by atoms with van der Waals surface area (Å²) in [6.07, 6.45) is 2.25. The van der Waals surface area contributed by atoms with Crippen molar-refractivity contribution < 1.29 is 0 Å². The van der Waals surface area contributed by atoms with Crippen LogP contribution in [0.15, 0.2) is 29.6 Å². The van der Waals surface area contributed by atoms with Gasteiger partial charge in [0.15, 0.2) is 0 Å². The summed E-state index contributed by atoms with van der Waals surface area (Å²) < 4.78 is 0. The molecule has 2 rings (SSSR count). The van der Waals surface area contributed by atoms with E-state index in [9.17, 15) is 0 Å². The number of nitrogens with zero attached hydrogens (tertiary/aromatic N) is 1. The van der Waals surface area contributed by atoms with Crippen LogP contribution in [0.4, 0.5) is 0 Å². The molecule has 2 heterocycles. The summed E-state index contributed by atoms with van der Waals surface area (Å²) in [4.78, 5) is 6.04. The van der Waals surface area contributed by atoms with E-state index < -0.39 is 0 Å². The second-order valence-electron chi connectivity index (χ2n) is 4.86. The molecule has 102 valence electrons. The van der Waals surface area contributed by atoms with Crippen molar-refractivity contribution in [2.24, 2.45) is 0 Å². The number of rotatable bonds is 6. The van der Waals surface area contributed by atoms with Crippen LogP contribution in [-0.4, -0.2) is 11.5 Å². The summed E-state index contributed by atoms with van der Waals surface area (Å²) in [5, 5.41) is 5.74. The monoisotopic (exact) mass is 274 g/mol. The molecule has 0 radical (unpaired) electrons. The molecule has 19 heavy (non-hydrogen) atoms. The molecule has 0 fully saturated rings. The van der Waals surface area contributed by atoms with Gasteiger partial charge in [-0.25, -0.2) is 0 Å². The minimum atomic E-state index is 0.403. The van der Waals surface area contributed by atoms with Gasteiger partial charge in [-0.2, -0.15) is 0 Å². The first-order valence-electron chi connectivity index (χ1n) is 6.90. The van der Waals surface area contributed by atoms with E-state index in [2.05, 4.69) is 53.8 Å². The molecule has 0 bridgehead atoms. The van der Waals surface area contributed by atoms with E-state index in [-0.39, 0.29) is 0 Å². The summed E-state index contributed by atoms with van der Waals surface area (Å²) in [5.41, 5.74) is 3.58. The van der Waals surface area contributed by atoms with Gasteiger partial charge >= 0.3 is 0 Å². The molecule has 0 aromatic carbocycles. The maximum Gasteiger partial charge on any atom is 0.0423 e. The summed E-state index contributed by atoms with van der Waals surface area (Å²) in [6.45, 7) is 7.31. The molecule has 2 aromatic rings. The fourth-order valence-corrected chi connectivity index (χ4v) is 3.15.